The molecule has 1 aliphatic heterocycles. The zero-order valence-electron chi connectivity index (χ0n) is 20.0. The summed E-state index contributed by atoms with van der Waals surface area (Å²) in [6.45, 7) is 0.822. The van der Waals surface area contributed by atoms with E-state index in [-0.39, 0.29) is 48.3 Å². The Morgan fingerprint density at radius 1 is 1.05 bits per heavy atom. The molecule has 10 nitrogen and oxygen atoms in total. The lowest BCUT2D eigenvalue weighted by Gasteiger charge is -2.14. The second kappa shape index (κ2) is 9.88. The molecule has 38 heavy (non-hydrogen) atoms. The maximum Gasteiger partial charge on any atom is 0.394 e. The Kier molecular flexibility index (Phi) is 6.45. The number of hydrogen-bond acceptors (Lipinski definition) is 7. The van der Waals surface area contributed by atoms with Crippen molar-refractivity contribution >= 4 is 23.4 Å². The number of rotatable bonds is 8. The van der Waals surface area contributed by atoms with E-state index >= 15 is 0 Å². The normalized spacial score (nSPS) is 12.7. The first kappa shape index (κ1) is 24.8. The van der Waals surface area contributed by atoms with Gasteiger partial charge in [0.05, 0.1) is 12.6 Å². The molecule has 0 atom stereocenters. The van der Waals surface area contributed by atoms with Crippen LogP contribution in [0.3, 0.4) is 0 Å². The monoisotopic (exact) mass is 521 g/mol. The molecule has 1 aliphatic rings. The number of hydrogen-bond donors (Lipinski definition) is 2. The standard InChI is InChI=1S/C26H21F2N5O5/c1-26(27,28)38-18-4-2-3-15(10-18)13-30-25(36)20-12-19(32-22-7-8-31-33(20)22)24(35)29-14-16-5-6-21-17(9-16)11-23(34)37-21/h2-10,12H,11,13-14H2,1H3,(H,29,35)(H,30,36). The van der Waals surface area contributed by atoms with Crippen molar-refractivity contribution in [2.75, 3.05) is 0 Å². The first-order valence-corrected chi connectivity index (χ1v) is 11.5. The quantitative estimate of drug-likeness (QED) is 0.270. The lowest BCUT2D eigenvalue weighted by atomic mass is 10.1. The molecule has 12 heteroatoms. The summed E-state index contributed by atoms with van der Waals surface area (Å²) < 4.78 is 37.3. The molecule has 4 aromatic rings. The van der Waals surface area contributed by atoms with E-state index in [0.717, 1.165) is 11.1 Å². The fraction of sp³-hybridized carbons (Fsp3) is 0.192. The van der Waals surface area contributed by atoms with E-state index in [1.807, 2.05) is 0 Å². The SMILES string of the molecule is CC(F)(F)Oc1cccc(CNC(=O)c2cc(C(=O)NCc3ccc4c(c3)CC(=O)O4)nc3ccnn23)c1. The summed E-state index contributed by atoms with van der Waals surface area (Å²) in [6.07, 6.45) is -1.71. The fourth-order valence-electron chi connectivity index (χ4n) is 3.96. The van der Waals surface area contributed by atoms with Gasteiger partial charge in [-0.3, -0.25) is 14.4 Å². The molecule has 0 saturated carbocycles. The van der Waals surface area contributed by atoms with Crippen LogP contribution in [-0.2, 0) is 24.3 Å². The van der Waals surface area contributed by atoms with E-state index in [1.165, 1.54) is 35.0 Å². The van der Waals surface area contributed by atoms with Crippen LogP contribution in [0.2, 0.25) is 0 Å². The number of ether oxygens (including phenoxy) is 2. The van der Waals surface area contributed by atoms with Crippen LogP contribution in [0, 0.1) is 0 Å². The smallest absolute Gasteiger partial charge is 0.394 e. The molecule has 0 aliphatic carbocycles. The van der Waals surface area contributed by atoms with Gasteiger partial charge in [-0.25, -0.2) is 9.50 Å². The first-order chi connectivity index (χ1) is 18.1. The van der Waals surface area contributed by atoms with Crippen LogP contribution in [0.1, 0.15) is 44.6 Å². The fourth-order valence-corrected chi connectivity index (χ4v) is 3.96. The van der Waals surface area contributed by atoms with Gasteiger partial charge in [-0.15, -0.1) is 0 Å². The summed E-state index contributed by atoms with van der Waals surface area (Å²) in [5.41, 5.74) is 2.40. The molecule has 0 fully saturated rings. The number of carbonyl (C=O) groups is 3. The van der Waals surface area contributed by atoms with Crippen molar-refractivity contribution in [1.29, 1.82) is 0 Å². The molecule has 0 unspecified atom stereocenters. The molecule has 194 valence electrons. The van der Waals surface area contributed by atoms with Gasteiger partial charge in [0, 0.05) is 37.7 Å². The second-order valence-corrected chi connectivity index (χ2v) is 8.64. The molecule has 2 amide bonds. The number of nitrogens with zero attached hydrogens (tertiary/aromatic N) is 3. The molecule has 2 aromatic heterocycles. The highest BCUT2D eigenvalue weighted by atomic mass is 19.3. The minimum atomic E-state index is -3.34. The summed E-state index contributed by atoms with van der Waals surface area (Å²) in [5.74, 6) is -0.916. The molecule has 2 N–H and O–H groups in total. The van der Waals surface area contributed by atoms with Gasteiger partial charge in [-0.1, -0.05) is 18.2 Å². The molecule has 0 radical (unpaired) electrons. The lowest BCUT2D eigenvalue weighted by molar-refractivity contribution is -0.159. The van der Waals surface area contributed by atoms with Crippen molar-refractivity contribution in [3.8, 4) is 11.5 Å². The molecule has 2 aromatic carbocycles. The minimum absolute atomic E-state index is 0.00314. The number of carbonyl (C=O) groups excluding carboxylic acids is 3. The molecule has 5 rings (SSSR count). The van der Waals surface area contributed by atoms with Crippen LogP contribution in [0.25, 0.3) is 5.65 Å². The van der Waals surface area contributed by atoms with E-state index in [9.17, 15) is 23.2 Å². The topological polar surface area (TPSA) is 124 Å². The number of esters is 1. The minimum Gasteiger partial charge on any atom is -0.433 e. The molecule has 0 saturated heterocycles. The zero-order valence-corrected chi connectivity index (χ0v) is 20.0. The van der Waals surface area contributed by atoms with Gasteiger partial charge in [-0.05, 0) is 35.4 Å². The molecule has 0 bridgehead atoms. The van der Waals surface area contributed by atoms with E-state index < -0.39 is 17.9 Å². The second-order valence-electron chi connectivity index (χ2n) is 8.64. The summed E-state index contributed by atoms with van der Waals surface area (Å²) in [6, 6.07) is 14.0. The van der Waals surface area contributed by atoms with Crippen LogP contribution < -0.4 is 20.1 Å². The summed E-state index contributed by atoms with van der Waals surface area (Å²) in [7, 11) is 0. The predicted octanol–water partition coefficient (Wildman–Crippen LogP) is 3.04. The van der Waals surface area contributed by atoms with Crippen molar-refractivity contribution in [2.45, 2.75) is 32.5 Å². The van der Waals surface area contributed by atoms with Crippen LogP contribution in [0.4, 0.5) is 8.78 Å². The first-order valence-electron chi connectivity index (χ1n) is 11.5. The van der Waals surface area contributed by atoms with E-state index in [0.29, 0.717) is 18.2 Å². The largest absolute Gasteiger partial charge is 0.433 e. The molecular weight excluding hydrogens is 500 g/mol. The van der Waals surface area contributed by atoms with Gasteiger partial charge in [0.15, 0.2) is 5.65 Å². The van der Waals surface area contributed by atoms with Crippen molar-refractivity contribution in [3.05, 3.63) is 88.9 Å². The molecule has 0 spiro atoms. The van der Waals surface area contributed by atoms with E-state index in [1.54, 1.807) is 30.3 Å². The maximum absolute atomic E-state index is 13.2. The lowest BCUT2D eigenvalue weighted by Crippen LogP contribution is -2.28. The number of alkyl halides is 2. The van der Waals surface area contributed by atoms with Crippen LogP contribution in [0.5, 0.6) is 11.5 Å². The number of amides is 2. The Balaban J connectivity index is 1.28. The van der Waals surface area contributed by atoms with E-state index in [2.05, 4.69) is 25.5 Å². The zero-order chi connectivity index (χ0) is 26.9. The van der Waals surface area contributed by atoms with Gasteiger partial charge < -0.3 is 20.1 Å². The Bertz CT molecular complexity index is 1560. The third kappa shape index (κ3) is 5.59. The summed E-state index contributed by atoms with van der Waals surface area (Å²) in [4.78, 5) is 41.6. The Labute approximate surface area is 214 Å². The Morgan fingerprint density at radius 3 is 2.61 bits per heavy atom. The Morgan fingerprint density at radius 2 is 1.82 bits per heavy atom. The van der Waals surface area contributed by atoms with Crippen LogP contribution in [-0.4, -0.2) is 38.5 Å². The van der Waals surface area contributed by atoms with Crippen molar-refractivity contribution in [3.63, 3.8) is 0 Å². The summed E-state index contributed by atoms with van der Waals surface area (Å²) >= 11 is 0. The Hall–Kier alpha value is -4.87. The van der Waals surface area contributed by atoms with Gasteiger partial charge in [0.1, 0.15) is 22.9 Å². The highest BCUT2D eigenvalue weighted by Crippen LogP contribution is 2.26. The number of nitrogens with one attached hydrogen (secondary N) is 2. The number of benzene rings is 2. The van der Waals surface area contributed by atoms with Crippen LogP contribution in [0.15, 0.2) is 60.8 Å². The average molecular weight is 521 g/mol. The highest BCUT2D eigenvalue weighted by Gasteiger charge is 2.24. The van der Waals surface area contributed by atoms with Gasteiger partial charge in [0.25, 0.3) is 11.8 Å². The van der Waals surface area contributed by atoms with Gasteiger partial charge in [-0.2, -0.15) is 13.9 Å². The van der Waals surface area contributed by atoms with Crippen molar-refractivity contribution in [2.24, 2.45) is 0 Å². The van der Waals surface area contributed by atoms with Crippen LogP contribution >= 0.6 is 0 Å². The third-order valence-electron chi connectivity index (χ3n) is 5.61. The number of fused-ring (bicyclic) bond motifs is 2. The van der Waals surface area contributed by atoms with Crippen molar-refractivity contribution < 1.29 is 32.6 Å². The third-order valence-corrected chi connectivity index (χ3v) is 5.61. The van der Waals surface area contributed by atoms with Gasteiger partial charge in [0.2, 0.25) is 0 Å². The highest BCUT2D eigenvalue weighted by molar-refractivity contribution is 5.98. The van der Waals surface area contributed by atoms with Gasteiger partial charge >= 0.3 is 12.1 Å². The maximum atomic E-state index is 13.2. The van der Waals surface area contributed by atoms with E-state index in [4.69, 9.17) is 4.74 Å². The molecule has 3 heterocycles. The number of aromatic nitrogens is 3. The predicted molar refractivity (Wildman–Crippen MR) is 129 cm³/mol. The molecular formula is C26H21F2N5O5. The average Bonchev–Trinajstić information content (AvgIpc) is 3.49. The van der Waals surface area contributed by atoms with Crippen molar-refractivity contribution in [1.82, 2.24) is 25.2 Å². The number of halogens is 2. The summed E-state index contributed by atoms with van der Waals surface area (Å²) in [5, 5.41) is 9.56.